The highest BCUT2D eigenvalue weighted by molar-refractivity contribution is 6.04. The van der Waals surface area contributed by atoms with Crippen LogP contribution in [0.25, 0.3) is 16.9 Å². The maximum Gasteiger partial charge on any atom is 0.416 e. The molecule has 12 heteroatoms. The molecule has 0 bridgehead atoms. The summed E-state index contributed by atoms with van der Waals surface area (Å²) in [7, 11) is 4.22. The average molecular weight is 551 g/mol. The van der Waals surface area contributed by atoms with Gasteiger partial charge in [0.15, 0.2) is 0 Å². The van der Waals surface area contributed by atoms with E-state index in [1.807, 2.05) is 19.2 Å². The van der Waals surface area contributed by atoms with Crippen LogP contribution >= 0.6 is 0 Å². The second kappa shape index (κ2) is 11.0. The Morgan fingerprint density at radius 1 is 1.10 bits per heavy atom. The molecule has 0 saturated carbocycles. The molecule has 0 aliphatic carbocycles. The van der Waals surface area contributed by atoms with Crippen LogP contribution in [-0.2, 0) is 6.18 Å². The molecule has 0 spiro atoms. The smallest absolute Gasteiger partial charge is 0.370 e. The molecule has 4 aromatic rings. The van der Waals surface area contributed by atoms with Crippen LogP contribution in [0.5, 0.6) is 0 Å². The third-order valence-electron chi connectivity index (χ3n) is 7.20. The highest BCUT2D eigenvalue weighted by atomic mass is 19.4. The van der Waals surface area contributed by atoms with Gasteiger partial charge in [-0.15, -0.1) is 5.10 Å². The van der Waals surface area contributed by atoms with Gasteiger partial charge in [0.25, 0.3) is 5.91 Å². The first-order valence-corrected chi connectivity index (χ1v) is 12.8. The van der Waals surface area contributed by atoms with Crippen molar-refractivity contribution in [2.75, 3.05) is 37.4 Å². The molecule has 3 aromatic heterocycles. The first-order chi connectivity index (χ1) is 19.1. The van der Waals surface area contributed by atoms with Crippen LogP contribution in [0.15, 0.2) is 61.2 Å². The normalized spacial score (nSPS) is 14.8. The minimum atomic E-state index is -4.54. The summed E-state index contributed by atoms with van der Waals surface area (Å²) in [4.78, 5) is 25.7. The van der Waals surface area contributed by atoms with E-state index in [9.17, 15) is 18.0 Å². The summed E-state index contributed by atoms with van der Waals surface area (Å²) in [5.41, 5.74) is 3.21. The lowest BCUT2D eigenvalue weighted by Crippen LogP contribution is -2.42. The maximum absolute atomic E-state index is 13.0. The molecule has 4 heterocycles. The zero-order chi connectivity index (χ0) is 28.4. The lowest BCUT2D eigenvalue weighted by molar-refractivity contribution is -0.137. The number of alkyl halides is 3. The van der Waals surface area contributed by atoms with Crippen molar-refractivity contribution in [1.29, 1.82) is 0 Å². The van der Waals surface area contributed by atoms with E-state index in [0.29, 0.717) is 17.4 Å². The zero-order valence-electron chi connectivity index (χ0n) is 22.4. The quantitative estimate of drug-likeness (QED) is 0.368. The number of nitrogens with one attached hydrogen (secondary N) is 1. The maximum atomic E-state index is 13.0. The van der Waals surface area contributed by atoms with Gasteiger partial charge >= 0.3 is 6.18 Å². The number of piperidine rings is 1. The van der Waals surface area contributed by atoms with E-state index >= 15 is 0 Å². The number of rotatable bonds is 6. The molecule has 1 aliphatic heterocycles. The van der Waals surface area contributed by atoms with Crippen molar-refractivity contribution in [2.24, 2.45) is 0 Å². The SMILES string of the molecule is Cc1ccc(C(=O)Nc2cc(C(F)(F)F)ccn2)cc1-n1cc(-c2cncc(N(C)C3CCN(C)CC3)c2)nn1. The summed E-state index contributed by atoms with van der Waals surface area (Å²) in [6, 6.07) is 9.06. The van der Waals surface area contributed by atoms with Gasteiger partial charge in [-0.1, -0.05) is 11.3 Å². The average Bonchev–Trinajstić information content (AvgIpc) is 3.43. The third-order valence-corrected chi connectivity index (χ3v) is 7.20. The number of benzene rings is 1. The molecule has 9 nitrogen and oxygen atoms in total. The Kier molecular flexibility index (Phi) is 7.53. The van der Waals surface area contributed by atoms with Gasteiger partial charge in [0.2, 0.25) is 0 Å². The minimum Gasteiger partial charge on any atom is -0.370 e. The molecule has 1 saturated heterocycles. The number of nitrogens with zero attached hydrogens (tertiary/aromatic N) is 7. The molecule has 1 amide bonds. The summed E-state index contributed by atoms with van der Waals surface area (Å²) in [5, 5.41) is 11.0. The second-order valence-electron chi connectivity index (χ2n) is 10.0. The van der Waals surface area contributed by atoms with Crippen molar-refractivity contribution in [3.05, 3.63) is 77.9 Å². The fourth-order valence-electron chi connectivity index (χ4n) is 4.73. The number of halogens is 3. The summed E-state index contributed by atoms with van der Waals surface area (Å²) in [6.07, 6.45) is 3.97. The lowest BCUT2D eigenvalue weighted by atomic mass is 10.0. The highest BCUT2D eigenvalue weighted by Crippen LogP contribution is 2.30. The predicted octanol–water partition coefficient (Wildman–Crippen LogP) is 4.83. The van der Waals surface area contributed by atoms with Gasteiger partial charge in [0.1, 0.15) is 11.5 Å². The fourth-order valence-corrected chi connectivity index (χ4v) is 4.73. The van der Waals surface area contributed by atoms with Crippen LogP contribution in [0.2, 0.25) is 0 Å². The molecule has 0 atom stereocenters. The Labute approximate surface area is 229 Å². The Bertz CT molecular complexity index is 1510. The van der Waals surface area contributed by atoms with Crippen LogP contribution < -0.4 is 10.2 Å². The number of aromatic nitrogens is 5. The van der Waals surface area contributed by atoms with Gasteiger partial charge in [-0.3, -0.25) is 9.78 Å². The Hall–Kier alpha value is -4.32. The number of hydrogen-bond acceptors (Lipinski definition) is 7. The third kappa shape index (κ3) is 5.96. The molecule has 1 N–H and O–H groups in total. The van der Waals surface area contributed by atoms with Gasteiger partial charge in [-0.2, -0.15) is 13.2 Å². The van der Waals surface area contributed by atoms with Gasteiger partial charge in [-0.05, 0) is 75.8 Å². The Morgan fingerprint density at radius 2 is 1.88 bits per heavy atom. The molecule has 1 aromatic carbocycles. The Morgan fingerprint density at radius 3 is 2.62 bits per heavy atom. The van der Waals surface area contributed by atoms with E-state index in [1.165, 1.54) is 0 Å². The van der Waals surface area contributed by atoms with E-state index in [1.54, 1.807) is 35.3 Å². The summed E-state index contributed by atoms with van der Waals surface area (Å²) >= 11 is 0. The van der Waals surface area contributed by atoms with Gasteiger partial charge in [-0.25, -0.2) is 9.67 Å². The number of amides is 1. The van der Waals surface area contributed by atoms with E-state index in [4.69, 9.17) is 0 Å². The zero-order valence-corrected chi connectivity index (χ0v) is 22.4. The first kappa shape index (κ1) is 27.3. The summed E-state index contributed by atoms with van der Waals surface area (Å²) < 4.78 is 40.7. The van der Waals surface area contributed by atoms with E-state index in [0.717, 1.165) is 61.1 Å². The van der Waals surface area contributed by atoms with Crippen LogP contribution in [0.4, 0.5) is 24.7 Å². The van der Waals surface area contributed by atoms with Crippen molar-refractivity contribution in [2.45, 2.75) is 32.0 Å². The highest BCUT2D eigenvalue weighted by Gasteiger charge is 2.31. The van der Waals surface area contributed by atoms with Crippen LogP contribution in [-0.4, -0.2) is 69.0 Å². The molecule has 40 heavy (non-hydrogen) atoms. The number of anilines is 2. The van der Waals surface area contributed by atoms with Gasteiger partial charge in [0, 0.05) is 36.6 Å². The number of carbonyl (C=O) groups is 1. The number of pyridine rings is 2. The molecular formula is C28H29F3N8O. The largest absolute Gasteiger partial charge is 0.416 e. The lowest BCUT2D eigenvalue weighted by Gasteiger charge is -2.36. The molecule has 1 aliphatic rings. The van der Waals surface area contributed by atoms with Crippen molar-refractivity contribution >= 4 is 17.4 Å². The number of hydrogen-bond donors (Lipinski definition) is 1. The standard InChI is InChI=1S/C28H29F3N8O/c1-18-4-5-19(27(40)34-26-14-21(6-9-33-26)28(29,30)31)13-25(18)39-17-24(35-36-39)20-12-23(16-32-15-20)38(3)22-7-10-37(2)11-8-22/h4-6,9,12-17,22H,7-8,10-11H2,1-3H3,(H,33,34,40). The molecule has 1 fully saturated rings. The molecule has 0 unspecified atom stereocenters. The van der Waals surface area contributed by atoms with E-state index in [2.05, 4.69) is 49.5 Å². The molecule has 5 rings (SSSR count). The van der Waals surface area contributed by atoms with Gasteiger partial charge < -0.3 is 15.1 Å². The molecule has 0 radical (unpaired) electrons. The number of aryl methyl sites for hydroxylation is 1. The summed E-state index contributed by atoms with van der Waals surface area (Å²) in [6.45, 7) is 3.98. The first-order valence-electron chi connectivity index (χ1n) is 12.8. The van der Waals surface area contributed by atoms with Crippen LogP contribution in [0, 0.1) is 6.92 Å². The topological polar surface area (TPSA) is 92.1 Å². The molecular weight excluding hydrogens is 521 g/mol. The van der Waals surface area contributed by atoms with Gasteiger partial charge in [0.05, 0.1) is 29.3 Å². The van der Waals surface area contributed by atoms with E-state index in [-0.39, 0.29) is 11.4 Å². The van der Waals surface area contributed by atoms with Crippen LogP contribution in [0.3, 0.4) is 0 Å². The number of carbonyl (C=O) groups excluding carboxylic acids is 1. The monoisotopic (exact) mass is 550 g/mol. The van der Waals surface area contributed by atoms with Crippen molar-refractivity contribution in [3.63, 3.8) is 0 Å². The Balaban J connectivity index is 1.35. The second-order valence-corrected chi connectivity index (χ2v) is 10.0. The van der Waals surface area contributed by atoms with E-state index < -0.39 is 17.6 Å². The summed E-state index contributed by atoms with van der Waals surface area (Å²) in [5.74, 6) is -0.787. The van der Waals surface area contributed by atoms with Crippen molar-refractivity contribution in [3.8, 4) is 16.9 Å². The van der Waals surface area contributed by atoms with Crippen LogP contribution in [0.1, 0.15) is 34.3 Å². The number of likely N-dealkylation sites (tertiary alicyclic amines) is 1. The molecule has 208 valence electrons. The fraction of sp³-hybridized carbons (Fsp3) is 0.321. The minimum absolute atomic E-state index is 0.192. The van der Waals surface area contributed by atoms with Crippen molar-refractivity contribution in [1.82, 2.24) is 29.9 Å². The van der Waals surface area contributed by atoms with Crippen molar-refractivity contribution < 1.29 is 18.0 Å². The predicted molar refractivity (Wildman–Crippen MR) is 145 cm³/mol.